The maximum atomic E-state index is 13.6. The highest BCUT2D eigenvalue weighted by Crippen LogP contribution is 2.34. The Balaban J connectivity index is 1.33. The van der Waals surface area contributed by atoms with Gasteiger partial charge in [0.2, 0.25) is 5.91 Å². The summed E-state index contributed by atoms with van der Waals surface area (Å²) >= 11 is 0. The Morgan fingerprint density at radius 2 is 1.89 bits per heavy atom. The molecule has 2 unspecified atom stereocenters. The fraction of sp³-hybridized carbons (Fsp3) is 0.308. The highest BCUT2D eigenvalue weighted by atomic mass is 16.5. The van der Waals surface area contributed by atoms with E-state index in [1.807, 2.05) is 54.6 Å². The van der Waals surface area contributed by atoms with Crippen LogP contribution in [0.3, 0.4) is 0 Å². The summed E-state index contributed by atoms with van der Waals surface area (Å²) in [6, 6.07) is 15.3. The third kappa shape index (κ3) is 4.98. The molecule has 0 saturated carbocycles. The molecule has 2 fully saturated rings. The number of fused-ring (bicyclic) bond motifs is 1. The van der Waals surface area contributed by atoms with Gasteiger partial charge in [0.25, 0.3) is 5.91 Å². The van der Waals surface area contributed by atoms with E-state index >= 15 is 0 Å². The summed E-state index contributed by atoms with van der Waals surface area (Å²) < 4.78 is 5.31. The van der Waals surface area contributed by atoms with Gasteiger partial charge >= 0.3 is 6.09 Å². The minimum Gasteiger partial charge on any atom is -0.445 e. The number of hydrogen-bond acceptors (Lipinski definition) is 5. The molecule has 2 N–H and O–H groups in total. The average molecular weight is 483 g/mol. The number of aromatic amines is 1. The van der Waals surface area contributed by atoms with Gasteiger partial charge in [-0.25, -0.2) is 14.8 Å². The first kappa shape index (κ1) is 23.7. The summed E-state index contributed by atoms with van der Waals surface area (Å²) in [6.07, 6.45) is 2.72. The fourth-order valence-electron chi connectivity index (χ4n) is 4.64. The molecule has 0 bridgehead atoms. The van der Waals surface area contributed by atoms with Crippen molar-refractivity contribution in [2.75, 3.05) is 6.54 Å². The number of amides is 3. The number of carbonyl (C=O) groups excluding carboxylic acids is 3. The lowest BCUT2D eigenvalue weighted by atomic mass is 9.95. The first-order valence-electron chi connectivity index (χ1n) is 12.0. The van der Waals surface area contributed by atoms with Crippen LogP contribution in [0.2, 0.25) is 0 Å². The van der Waals surface area contributed by atoms with Gasteiger partial charge < -0.3 is 15.0 Å². The summed E-state index contributed by atoms with van der Waals surface area (Å²) in [7, 11) is 5.79. The number of aromatic nitrogens is 2. The molecular formula is C26H26BN5O4. The molecule has 3 amide bonds. The normalized spacial score (nSPS) is 20.0. The molecule has 2 radical (unpaired) electrons. The maximum Gasteiger partial charge on any atom is 0.408 e. The number of alkyl carbamates (subject to hydrolysis) is 1. The van der Waals surface area contributed by atoms with Crippen molar-refractivity contribution in [3.63, 3.8) is 0 Å². The molecule has 10 heteroatoms. The minimum atomic E-state index is -0.880. The van der Waals surface area contributed by atoms with Crippen LogP contribution in [0.5, 0.6) is 0 Å². The zero-order valence-electron chi connectivity index (χ0n) is 19.7. The van der Waals surface area contributed by atoms with Gasteiger partial charge in [0, 0.05) is 13.0 Å². The Hall–Kier alpha value is -4.08. The molecule has 2 aliphatic heterocycles. The van der Waals surface area contributed by atoms with E-state index in [2.05, 4.69) is 15.3 Å². The number of carbonyl (C=O) groups is 3. The largest absolute Gasteiger partial charge is 0.445 e. The average Bonchev–Trinajstić information content (AvgIpc) is 3.36. The van der Waals surface area contributed by atoms with Crippen molar-refractivity contribution in [3.05, 3.63) is 72.2 Å². The van der Waals surface area contributed by atoms with Crippen LogP contribution in [-0.4, -0.2) is 58.3 Å². The minimum absolute atomic E-state index is 0.0886. The number of H-pyrrole nitrogens is 1. The van der Waals surface area contributed by atoms with Crippen molar-refractivity contribution < 1.29 is 19.1 Å². The van der Waals surface area contributed by atoms with Gasteiger partial charge in [0.1, 0.15) is 32.4 Å². The standard InChI is InChI=1S/C26H26BN5O4/c27-19-10-8-18(9-11-19)21-15-28-24(29-21)22-7-4-14-31-23(33)13-12-20(25(34)32(22)31)30-26(35)36-16-17-5-2-1-3-6-17/h1-3,5-6,8-11,15,20,22H,4,7,12-14,16H2,(H,28,29)(H,30,35). The zero-order chi connectivity index (χ0) is 25.1. The van der Waals surface area contributed by atoms with Crippen molar-refractivity contribution in [1.29, 1.82) is 0 Å². The predicted molar refractivity (Wildman–Crippen MR) is 133 cm³/mol. The van der Waals surface area contributed by atoms with Crippen molar-refractivity contribution in [2.24, 2.45) is 0 Å². The number of rotatable bonds is 5. The number of benzene rings is 2. The summed E-state index contributed by atoms with van der Waals surface area (Å²) in [6.45, 7) is 0.531. The number of ether oxygens (including phenoxy) is 1. The number of nitrogens with zero attached hydrogens (tertiary/aromatic N) is 3. The molecule has 3 heterocycles. The predicted octanol–water partition coefficient (Wildman–Crippen LogP) is 2.37. The van der Waals surface area contributed by atoms with Crippen LogP contribution in [0.15, 0.2) is 60.8 Å². The first-order valence-corrected chi connectivity index (χ1v) is 12.0. The summed E-state index contributed by atoms with van der Waals surface area (Å²) in [5.74, 6) is 0.0768. The second-order valence-corrected chi connectivity index (χ2v) is 8.96. The van der Waals surface area contributed by atoms with Crippen molar-refractivity contribution >= 4 is 31.2 Å². The van der Waals surface area contributed by atoms with E-state index in [0.29, 0.717) is 24.3 Å². The molecule has 1 aromatic heterocycles. The molecule has 3 aromatic rings. The van der Waals surface area contributed by atoms with E-state index in [1.165, 1.54) is 10.0 Å². The van der Waals surface area contributed by atoms with E-state index in [0.717, 1.165) is 23.2 Å². The molecule has 36 heavy (non-hydrogen) atoms. The van der Waals surface area contributed by atoms with E-state index < -0.39 is 18.2 Å². The van der Waals surface area contributed by atoms with Gasteiger partial charge in [0.15, 0.2) is 0 Å². The molecule has 0 aliphatic carbocycles. The number of nitrogens with one attached hydrogen (secondary N) is 2. The van der Waals surface area contributed by atoms with Gasteiger partial charge in [0.05, 0.1) is 11.9 Å². The van der Waals surface area contributed by atoms with Gasteiger partial charge in [-0.3, -0.25) is 14.6 Å². The van der Waals surface area contributed by atoms with Crippen LogP contribution in [0.4, 0.5) is 4.79 Å². The molecule has 2 aromatic carbocycles. The topological polar surface area (TPSA) is 108 Å². The van der Waals surface area contributed by atoms with Crippen LogP contribution in [0, 0.1) is 0 Å². The van der Waals surface area contributed by atoms with E-state index in [9.17, 15) is 14.4 Å². The van der Waals surface area contributed by atoms with Gasteiger partial charge in [-0.15, -0.1) is 0 Å². The monoisotopic (exact) mass is 483 g/mol. The van der Waals surface area contributed by atoms with E-state index in [-0.39, 0.29) is 31.3 Å². The van der Waals surface area contributed by atoms with Gasteiger partial charge in [-0.2, -0.15) is 0 Å². The number of hydrazine groups is 1. The third-order valence-electron chi connectivity index (χ3n) is 6.50. The second-order valence-electron chi connectivity index (χ2n) is 8.96. The molecule has 0 spiro atoms. The van der Waals surface area contributed by atoms with Crippen molar-refractivity contribution in [2.45, 2.75) is 44.4 Å². The third-order valence-corrected chi connectivity index (χ3v) is 6.50. The Bertz CT molecular complexity index is 1250. The lowest BCUT2D eigenvalue weighted by molar-refractivity contribution is -0.174. The molecule has 2 saturated heterocycles. The summed E-state index contributed by atoms with van der Waals surface area (Å²) in [5.41, 5.74) is 3.20. The molecule has 5 rings (SSSR count). The van der Waals surface area contributed by atoms with Crippen molar-refractivity contribution in [3.8, 4) is 11.3 Å². The van der Waals surface area contributed by atoms with E-state index in [4.69, 9.17) is 12.6 Å². The van der Waals surface area contributed by atoms with Crippen LogP contribution < -0.4 is 10.8 Å². The van der Waals surface area contributed by atoms with Crippen molar-refractivity contribution in [1.82, 2.24) is 25.3 Å². The number of imidazole rings is 1. The molecule has 2 atom stereocenters. The lowest BCUT2D eigenvalue weighted by Gasteiger charge is -2.43. The Morgan fingerprint density at radius 3 is 2.67 bits per heavy atom. The number of hydrogen-bond donors (Lipinski definition) is 2. The fourth-order valence-corrected chi connectivity index (χ4v) is 4.64. The SMILES string of the molecule is [B]c1ccc(-c2cnc(C3CCCN4C(=O)CCC(NC(=O)OCc5ccccc5)C(=O)N34)[nH]2)cc1. The highest BCUT2D eigenvalue weighted by molar-refractivity contribution is 6.32. The molecule has 182 valence electrons. The van der Waals surface area contributed by atoms with Crippen LogP contribution >= 0.6 is 0 Å². The second kappa shape index (κ2) is 10.3. The lowest BCUT2D eigenvalue weighted by Crippen LogP contribution is -2.57. The Morgan fingerprint density at radius 1 is 1.11 bits per heavy atom. The van der Waals surface area contributed by atoms with Gasteiger partial charge in [-0.1, -0.05) is 60.1 Å². The molecule has 2 aliphatic rings. The molecular weight excluding hydrogens is 457 g/mol. The van der Waals surface area contributed by atoms with E-state index in [1.54, 1.807) is 6.20 Å². The summed E-state index contributed by atoms with van der Waals surface area (Å²) in [5, 5.41) is 5.63. The summed E-state index contributed by atoms with van der Waals surface area (Å²) in [4.78, 5) is 46.9. The first-order chi connectivity index (χ1) is 17.5. The highest BCUT2D eigenvalue weighted by Gasteiger charge is 2.43. The Kier molecular flexibility index (Phi) is 6.75. The van der Waals surface area contributed by atoms with Crippen LogP contribution in [-0.2, 0) is 20.9 Å². The van der Waals surface area contributed by atoms with Gasteiger partial charge in [-0.05, 0) is 30.4 Å². The van der Waals surface area contributed by atoms with Crippen LogP contribution in [0.1, 0.15) is 43.1 Å². The Labute approximate surface area is 210 Å². The van der Waals surface area contributed by atoms with Crippen LogP contribution in [0.25, 0.3) is 11.3 Å². The zero-order valence-corrected chi connectivity index (χ0v) is 19.7. The molecule has 9 nitrogen and oxygen atoms in total. The maximum absolute atomic E-state index is 13.6. The quantitative estimate of drug-likeness (QED) is 0.542. The smallest absolute Gasteiger partial charge is 0.408 e.